The SMILES string of the molecule is CCC(C)(C)C(=O)NCCNS(=O)(=O)c1cccc([N+](=O)[O-])c1. The summed E-state index contributed by atoms with van der Waals surface area (Å²) in [6.45, 7) is 5.63. The van der Waals surface area contributed by atoms with Gasteiger partial charge in [-0.3, -0.25) is 14.9 Å². The van der Waals surface area contributed by atoms with Gasteiger partial charge in [0.25, 0.3) is 5.69 Å². The lowest BCUT2D eigenvalue weighted by Gasteiger charge is -2.21. The summed E-state index contributed by atoms with van der Waals surface area (Å²) in [4.78, 5) is 21.7. The molecule has 0 bridgehead atoms. The highest BCUT2D eigenvalue weighted by Gasteiger charge is 2.24. The largest absolute Gasteiger partial charge is 0.354 e. The molecule has 1 aromatic carbocycles. The molecule has 0 saturated carbocycles. The third kappa shape index (κ3) is 5.29. The third-order valence-corrected chi connectivity index (χ3v) is 5.00. The van der Waals surface area contributed by atoms with Gasteiger partial charge in [-0.15, -0.1) is 0 Å². The molecule has 1 rings (SSSR count). The Hall–Kier alpha value is -2.00. The van der Waals surface area contributed by atoms with Gasteiger partial charge in [-0.2, -0.15) is 0 Å². The van der Waals surface area contributed by atoms with Crippen molar-refractivity contribution < 1.29 is 18.1 Å². The predicted molar refractivity (Wildman–Crippen MR) is 85.4 cm³/mol. The average Bonchev–Trinajstić information content (AvgIpc) is 2.51. The molecule has 0 heterocycles. The maximum absolute atomic E-state index is 12.1. The number of carbonyl (C=O) groups excluding carboxylic acids is 1. The van der Waals surface area contributed by atoms with Crippen molar-refractivity contribution in [2.75, 3.05) is 13.1 Å². The van der Waals surface area contributed by atoms with Crippen LogP contribution in [0.25, 0.3) is 0 Å². The monoisotopic (exact) mass is 343 g/mol. The van der Waals surface area contributed by atoms with Crippen LogP contribution in [-0.2, 0) is 14.8 Å². The van der Waals surface area contributed by atoms with Gasteiger partial charge in [0.05, 0.1) is 9.82 Å². The van der Waals surface area contributed by atoms with Gasteiger partial charge < -0.3 is 5.32 Å². The van der Waals surface area contributed by atoms with Crippen LogP contribution in [0, 0.1) is 15.5 Å². The van der Waals surface area contributed by atoms with E-state index < -0.39 is 20.4 Å². The van der Waals surface area contributed by atoms with Gasteiger partial charge in [0.2, 0.25) is 15.9 Å². The topological polar surface area (TPSA) is 118 Å². The van der Waals surface area contributed by atoms with Crippen LogP contribution in [0.1, 0.15) is 27.2 Å². The van der Waals surface area contributed by atoms with Crippen molar-refractivity contribution in [2.45, 2.75) is 32.1 Å². The summed E-state index contributed by atoms with van der Waals surface area (Å²) in [5.41, 5.74) is -0.815. The minimum atomic E-state index is -3.86. The van der Waals surface area contributed by atoms with Crippen molar-refractivity contribution in [2.24, 2.45) is 5.41 Å². The molecule has 0 fully saturated rings. The second-order valence-corrected chi connectivity index (χ2v) is 7.41. The van der Waals surface area contributed by atoms with Crippen LogP contribution in [0.2, 0.25) is 0 Å². The molecular weight excluding hydrogens is 322 g/mol. The minimum Gasteiger partial charge on any atom is -0.354 e. The van der Waals surface area contributed by atoms with E-state index in [2.05, 4.69) is 10.0 Å². The summed E-state index contributed by atoms with van der Waals surface area (Å²) in [5, 5.41) is 13.3. The summed E-state index contributed by atoms with van der Waals surface area (Å²) >= 11 is 0. The number of hydrogen-bond acceptors (Lipinski definition) is 5. The van der Waals surface area contributed by atoms with Crippen LogP contribution < -0.4 is 10.0 Å². The summed E-state index contributed by atoms with van der Waals surface area (Å²) in [5.74, 6) is -0.158. The molecule has 128 valence electrons. The Morgan fingerprint density at radius 1 is 1.30 bits per heavy atom. The second kappa shape index (κ2) is 7.51. The second-order valence-electron chi connectivity index (χ2n) is 5.65. The Morgan fingerprint density at radius 2 is 1.96 bits per heavy atom. The van der Waals surface area contributed by atoms with Crippen molar-refractivity contribution in [1.82, 2.24) is 10.0 Å². The number of carbonyl (C=O) groups is 1. The molecule has 2 N–H and O–H groups in total. The van der Waals surface area contributed by atoms with Crippen LogP contribution in [0.5, 0.6) is 0 Å². The van der Waals surface area contributed by atoms with Gasteiger partial charge in [0.15, 0.2) is 0 Å². The fourth-order valence-electron chi connectivity index (χ4n) is 1.61. The lowest BCUT2D eigenvalue weighted by Crippen LogP contribution is -2.40. The lowest BCUT2D eigenvalue weighted by atomic mass is 9.89. The van der Waals surface area contributed by atoms with Crippen molar-refractivity contribution in [3.63, 3.8) is 0 Å². The first kappa shape index (κ1) is 19.0. The smallest absolute Gasteiger partial charge is 0.270 e. The molecule has 0 aromatic heterocycles. The number of nitro groups is 1. The predicted octanol–water partition coefficient (Wildman–Crippen LogP) is 1.43. The molecule has 0 radical (unpaired) electrons. The van der Waals surface area contributed by atoms with Crippen molar-refractivity contribution in [3.8, 4) is 0 Å². The maximum Gasteiger partial charge on any atom is 0.270 e. The number of sulfonamides is 1. The summed E-state index contributed by atoms with van der Waals surface area (Å²) < 4.78 is 26.4. The summed E-state index contributed by atoms with van der Waals surface area (Å²) in [6, 6.07) is 4.78. The standard InChI is InChI=1S/C14H21N3O5S/c1-4-14(2,3)13(18)15-8-9-16-23(21,22)12-7-5-6-11(10-12)17(19)20/h5-7,10,16H,4,8-9H2,1-3H3,(H,15,18). The number of nitrogens with one attached hydrogen (secondary N) is 2. The number of nitrogens with zero attached hydrogens (tertiary/aromatic N) is 1. The highest BCUT2D eigenvalue weighted by Crippen LogP contribution is 2.19. The highest BCUT2D eigenvalue weighted by atomic mass is 32.2. The van der Waals surface area contributed by atoms with Gasteiger partial charge in [-0.25, -0.2) is 13.1 Å². The van der Waals surface area contributed by atoms with Gasteiger partial charge in [0, 0.05) is 30.6 Å². The first-order chi connectivity index (χ1) is 10.6. The molecule has 23 heavy (non-hydrogen) atoms. The molecule has 8 nitrogen and oxygen atoms in total. The van der Waals surface area contributed by atoms with Gasteiger partial charge in [-0.1, -0.05) is 26.8 Å². The Morgan fingerprint density at radius 3 is 2.52 bits per heavy atom. The molecule has 0 spiro atoms. The van der Waals surface area contributed by atoms with E-state index in [1.54, 1.807) is 13.8 Å². The Bertz CT molecular complexity index is 685. The fraction of sp³-hybridized carbons (Fsp3) is 0.500. The molecule has 0 aliphatic rings. The third-order valence-electron chi connectivity index (χ3n) is 3.54. The molecule has 0 atom stereocenters. The molecular formula is C14H21N3O5S. The highest BCUT2D eigenvalue weighted by molar-refractivity contribution is 7.89. The molecule has 0 unspecified atom stereocenters. The number of benzene rings is 1. The van der Waals surface area contributed by atoms with Crippen molar-refractivity contribution in [3.05, 3.63) is 34.4 Å². The van der Waals surface area contributed by atoms with E-state index in [4.69, 9.17) is 0 Å². The number of hydrogen-bond donors (Lipinski definition) is 2. The molecule has 0 aliphatic heterocycles. The Kier molecular flexibility index (Phi) is 6.22. The van der Waals surface area contributed by atoms with E-state index in [1.165, 1.54) is 18.2 Å². The van der Waals surface area contributed by atoms with Gasteiger partial charge in [-0.05, 0) is 12.5 Å². The van der Waals surface area contributed by atoms with E-state index in [9.17, 15) is 23.3 Å². The molecule has 0 aliphatic carbocycles. The Labute approximate surface area is 135 Å². The number of non-ortho nitro benzene ring substituents is 1. The number of rotatable bonds is 8. The van der Waals surface area contributed by atoms with Crippen LogP contribution >= 0.6 is 0 Å². The zero-order valence-corrected chi connectivity index (χ0v) is 14.1. The van der Waals surface area contributed by atoms with Crippen LogP contribution in [-0.4, -0.2) is 32.3 Å². The number of nitro benzene ring substituents is 1. The first-order valence-electron chi connectivity index (χ1n) is 7.12. The van der Waals surface area contributed by atoms with Crippen molar-refractivity contribution in [1.29, 1.82) is 0 Å². The van der Waals surface area contributed by atoms with Crippen LogP contribution in [0.15, 0.2) is 29.2 Å². The number of amides is 1. The van der Waals surface area contributed by atoms with E-state index in [1.807, 2.05) is 6.92 Å². The maximum atomic E-state index is 12.1. The van der Waals surface area contributed by atoms with E-state index >= 15 is 0 Å². The lowest BCUT2D eigenvalue weighted by molar-refractivity contribution is -0.385. The van der Waals surface area contributed by atoms with E-state index in [0.717, 1.165) is 6.07 Å². The molecule has 1 aromatic rings. The van der Waals surface area contributed by atoms with Gasteiger partial charge >= 0.3 is 0 Å². The van der Waals surface area contributed by atoms with E-state index in [-0.39, 0.29) is 29.6 Å². The zero-order valence-electron chi connectivity index (χ0n) is 13.3. The average molecular weight is 343 g/mol. The quantitative estimate of drug-likeness (QED) is 0.420. The first-order valence-corrected chi connectivity index (χ1v) is 8.61. The zero-order chi connectivity index (χ0) is 17.7. The molecule has 1 amide bonds. The van der Waals surface area contributed by atoms with E-state index in [0.29, 0.717) is 6.42 Å². The molecule has 0 saturated heterocycles. The summed E-state index contributed by atoms with van der Waals surface area (Å²) in [7, 11) is -3.86. The Balaban J connectivity index is 2.62. The summed E-state index contributed by atoms with van der Waals surface area (Å²) in [6.07, 6.45) is 0.665. The fourth-order valence-corrected chi connectivity index (χ4v) is 2.68. The molecule has 9 heteroatoms. The minimum absolute atomic E-state index is 0.00341. The van der Waals surface area contributed by atoms with Crippen LogP contribution in [0.4, 0.5) is 5.69 Å². The van der Waals surface area contributed by atoms with Crippen LogP contribution in [0.3, 0.4) is 0 Å². The van der Waals surface area contributed by atoms with Gasteiger partial charge in [0.1, 0.15) is 0 Å². The van der Waals surface area contributed by atoms with Crippen molar-refractivity contribution >= 4 is 21.6 Å². The normalized spacial score (nSPS) is 12.0.